The Morgan fingerprint density at radius 1 is 1.54 bits per heavy atom. The minimum Gasteiger partial charge on any atom is -0.504 e. The molecule has 13 heavy (non-hydrogen) atoms. The third-order valence-corrected chi connectivity index (χ3v) is 1.35. The summed E-state index contributed by atoms with van der Waals surface area (Å²) >= 11 is 0. The molecule has 68 valence electrons. The Labute approximate surface area is 71.1 Å². The zero-order valence-corrected chi connectivity index (χ0v) is 6.13. The molecule has 1 aromatic heterocycles. The molecule has 3 nitrogen and oxygen atoms in total. The Balaban J connectivity index is 3.38. The van der Waals surface area contributed by atoms with Crippen molar-refractivity contribution in [2.75, 3.05) is 0 Å². The SMILES string of the molecule is N#Cc1c(F)cnc(C(F)F)c1O. The third kappa shape index (κ3) is 1.54. The summed E-state index contributed by atoms with van der Waals surface area (Å²) in [4.78, 5) is 2.96. The van der Waals surface area contributed by atoms with E-state index in [-0.39, 0.29) is 0 Å². The summed E-state index contributed by atoms with van der Waals surface area (Å²) in [5, 5.41) is 17.2. The lowest BCUT2D eigenvalue weighted by atomic mass is 10.2. The van der Waals surface area contributed by atoms with E-state index in [1.807, 2.05) is 0 Å². The summed E-state index contributed by atoms with van der Waals surface area (Å²) in [7, 11) is 0. The van der Waals surface area contributed by atoms with Crippen molar-refractivity contribution in [2.45, 2.75) is 6.43 Å². The highest BCUT2D eigenvalue weighted by Gasteiger charge is 2.20. The van der Waals surface area contributed by atoms with Crippen LogP contribution in [0.15, 0.2) is 6.20 Å². The fourth-order valence-electron chi connectivity index (χ4n) is 0.759. The second-order valence-electron chi connectivity index (χ2n) is 2.13. The van der Waals surface area contributed by atoms with Crippen LogP contribution < -0.4 is 0 Å². The minimum atomic E-state index is -3.03. The molecule has 6 heteroatoms. The van der Waals surface area contributed by atoms with E-state index >= 15 is 0 Å². The molecule has 0 spiro atoms. The van der Waals surface area contributed by atoms with Gasteiger partial charge in [-0.05, 0) is 0 Å². The molecule has 0 unspecified atom stereocenters. The predicted molar refractivity (Wildman–Crippen MR) is 35.5 cm³/mol. The van der Waals surface area contributed by atoms with Gasteiger partial charge in [0.2, 0.25) is 0 Å². The van der Waals surface area contributed by atoms with Gasteiger partial charge in [-0.1, -0.05) is 0 Å². The van der Waals surface area contributed by atoms with E-state index in [4.69, 9.17) is 10.4 Å². The number of aromatic hydroxyl groups is 1. The molecule has 0 radical (unpaired) electrons. The van der Waals surface area contributed by atoms with Crippen molar-refractivity contribution in [2.24, 2.45) is 0 Å². The molecule has 0 fully saturated rings. The molecule has 0 aromatic carbocycles. The number of nitrogens with zero attached hydrogens (tertiary/aromatic N) is 2. The molecule has 0 saturated heterocycles. The molecular weight excluding hydrogens is 185 g/mol. The summed E-state index contributed by atoms with van der Waals surface area (Å²) < 4.78 is 36.6. The normalized spacial score (nSPS) is 10.1. The number of halogens is 3. The average molecular weight is 188 g/mol. The van der Waals surface area contributed by atoms with Gasteiger partial charge in [0.1, 0.15) is 17.3 Å². The van der Waals surface area contributed by atoms with E-state index < -0.39 is 29.2 Å². The molecule has 0 aliphatic carbocycles. The zero-order valence-electron chi connectivity index (χ0n) is 6.13. The number of hydrogen-bond donors (Lipinski definition) is 1. The summed E-state index contributed by atoms with van der Waals surface area (Å²) in [5.41, 5.74) is -1.80. The van der Waals surface area contributed by atoms with Crippen LogP contribution in [0.4, 0.5) is 13.2 Å². The van der Waals surface area contributed by atoms with E-state index in [1.54, 1.807) is 0 Å². The van der Waals surface area contributed by atoms with Crippen molar-refractivity contribution in [3.63, 3.8) is 0 Å². The largest absolute Gasteiger partial charge is 0.504 e. The van der Waals surface area contributed by atoms with Gasteiger partial charge in [-0.3, -0.25) is 0 Å². The number of alkyl halides is 2. The molecule has 0 bridgehead atoms. The first-order chi connectivity index (χ1) is 6.07. The van der Waals surface area contributed by atoms with Crippen LogP contribution in [-0.2, 0) is 0 Å². The molecule has 1 aromatic rings. The molecule has 1 rings (SSSR count). The molecule has 1 heterocycles. The van der Waals surface area contributed by atoms with Crippen molar-refractivity contribution in [3.05, 3.63) is 23.3 Å². The summed E-state index contributed by atoms with van der Waals surface area (Å²) in [5.74, 6) is -2.22. The monoisotopic (exact) mass is 188 g/mol. The molecule has 0 amide bonds. The van der Waals surface area contributed by atoms with Gasteiger partial charge in [-0.25, -0.2) is 18.2 Å². The highest BCUT2D eigenvalue weighted by molar-refractivity contribution is 5.45. The van der Waals surface area contributed by atoms with Gasteiger partial charge in [0.25, 0.3) is 6.43 Å². The lowest BCUT2D eigenvalue weighted by molar-refractivity contribution is 0.141. The molecule has 0 atom stereocenters. The van der Waals surface area contributed by atoms with Crippen LogP contribution in [0.2, 0.25) is 0 Å². The second-order valence-corrected chi connectivity index (χ2v) is 2.13. The van der Waals surface area contributed by atoms with Gasteiger partial charge < -0.3 is 5.11 Å². The first-order valence-electron chi connectivity index (χ1n) is 3.13. The van der Waals surface area contributed by atoms with E-state index in [2.05, 4.69) is 4.98 Å². The quantitative estimate of drug-likeness (QED) is 0.730. The standard InChI is InChI=1S/C7H3F3N2O/c8-4-2-12-5(7(9)10)6(13)3(4)1-11/h2,7,13H. The smallest absolute Gasteiger partial charge is 0.284 e. The molecule has 1 N–H and O–H groups in total. The number of nitriles is 1. The van der Waals surface area contributed by atoms with Gasteiger partial charge >= 0.3 is 0 Å². The molecule has 0 saturated carbocycles. The van der Waals surface area contributed by atoms with Crippen molar-refractivity contribution in [3.8, 4) is 11.8 Å². The number of rotatable bonds is 1. The van der Waals surface area contributed by atoms with Crippen LogP contribution in [0.3, 0.4) is 0 Å². The van der Waals surface area contributed by atoms with Crippen LogP contribution in [0, 0.1) is 17.1 Å². The van der Waals surface area contributed by atoms with Gasteiger partial charge in [0.15, 0.2) is 11.6 Å². The predicted octanol–water partition coefficient (Wildman–Crippen LogP) is 1.74. The van der Waals surface area contributed by atoms with Crippen molar-refractivity contribution in [1.82, 2.24) is 4.98 Å². The van der Waals surface area contributed by atoms with Crippen LogP contribution in [-0.4, -0.2) is 10.1 Å². The Morgan fingerprint density at radius 3 is 2.62 bits per heavy atom. The number of pyridine rings is 1. The first-order valence-corrected chi connectivity index (χ1v) is 3.13. The molecule has 0 aliphatic heterocycles. The third-order valence-electron chi connectivity index (χ3n) is 1.35. The lowest BCUT2D eigenvalue weighted by Crippen LogP contribution is -1.96. The van der Waals surface area contributed by atoms with Gasteiger partial charge in [0.05, 0.1) is 6.20 Å². The fourth-order valence-corrected chi connectivity index (χ4v) is 0.759. The Hall–Kier alpha value is -1.77. The van der Waals surface area contributed by atoms with Crippen LogP contribution in [0.25, 0.3) is 0 Å². The highest BCUT2D eigenvalue weighted by atomic mass is 19.3. The maximum Gasteiger partial charge on any atom is 0.284 e. The number of aromatic nitrogens is 1. The lowest BCUT2D eigenvalue weighted by Gasteiger charge is -2.03. The molecule has 0 aliphatic rings. The topological polar surface area (TPSA) is 56.9 Å². The van der Waals surface area contributed by atoms with Crippen molar-refractivity contribution >= 4 is 0 Å². The minimum absolute atomic E-state index is 0.472. The maximum absolute atomic E-state index is 12.6. The summed E-state index contributed by atoms with van der Waals surface area (Å²) in [6.45, 7) is 0. The van der Waals surface area contributed by atoms with Crippen molar-refractivity contribution in [1.29, 1.82) is 5.26 Å². The Kier molecular flexibility index (Phi) is 2.37. The Morgan fingerprint density at radius 2 is 2.15 bits per heavy atom. The van der Waals surface area contributed by atoms with E-state index in [0.717, 1.165) is 0 Å². The fraction of sp³-hybridized carbons (Fsp3) is 0.143. The molecular formula is C7H3F3N2O. The first kappa shape index (κ1) is 9.32. The van der Waals surface area contributed by atoms with Gasteiger partial charge in [0, 0.05) is 0 Å². The summed E-state index contributed by atoms with van der Waals surface area (Å²) in [6.07, 6.45) is -2.56. The van der Waals surface area contributed by atoms with Crippen LogP contribution >= 0.6 is 0 Å². The van der Waals surface area contributed by atoms with E-state index in [0.29, 0.717) is 6.20 Å². The maximum atomic E-state index is 12.6. The number of hydrogen-bond acceptors (Lipinski definition) is 3. The van der Waals surface area contributed by atoms with Crippen LogP contribution in [0.5, 0.6) is 5.75 Å². The van der Waals surface area contributed by atoms with Crippen molar-refractivity contribution < 1.29 is 18.3 Å². The van der Waals surface area contributed by atoms with Gasteiger partial charge in [-0.2, -0.15) is 5.26 Å². The Bertz CT molecular complexity index is 373. The zero-order chi connectivity index (χ0) is 10.0. The average Bonchev–Trinajstić information content (AvgIpc) is 2.04. The van der Waals surface area contributed by atoms with E-state index in [1.165, 1.54) is 6.07 Å². The summed E-state index contributed by atoms with van der Waals surface area (Å²) in [6, 6.07) is 1.26. The van der Waals surface area contributed by atoms with E-state index in [9.17, 15) is 13.2 Å². The van der Waals surface area contributed by atoms with Gasteiger partial charge in [-0.15, -0.1) is 0 Å². The highest BCUT2D eigenvalue weighted by Crippen LogP contribution is 2.29. The second kappa shape index (κ2) is 3.31. The van der Waals surface area contributed by atoms with Crippen LogP contribution in [0.1, 0.15) is 17.7 Å².